The molecule has 0 aliphatic rings. The van der Waals surface area contributed by atoms with Gasteiger partial charge in [0, 0.05) is 18.6 Å². The van der Waals surface area contributed by atoms with Gasteiger partial charge in [-0.15, -0.1) is 11.3 Å². The van der Waals surface area contributed by atoms with Crippen LogP contribution >= 0.6 is 23.1 Å². The number of thiophene rings is 1. The van der Waals surface area contributed by atoms with E-state index in [1.54, 1.807) is 12.1 Å². The van der Waals surface area contributed by atoms with Crippen LogP contribution in [0.3, 0.4) is 0 Å². The van der Waals surface area contributed by atoms with Crippen LogP contribution in [0, 0.1) is 0 Å². The number of amides is 1. The van der Waals surface area contributed by atoms with Gasteiger partial charge < -0.3 is 15.2 Å². The van der Waals surface area contributed by atoms with Gasteiger partial charge in [-0.05, 0) is 42.0 Å². The molecule has 1 amide bonds. The molecule has 0 aliphatic carbocycles. The predicted molar refractivity (Wildman–Crippen MR) is 129 cm³/mol. The van der Waals surface area contributed by atoms with E-state index in [-0.39, 0.29) is 21.3 Å². The molecule has 1 aromatic carbocycles. The quantitative estimate of drug-likeness (QED) is 0.235. The van der Waals surface area contributed by atoms with Crippen LogP contribution in [0.5, 0.6) is 0 Å². The van der Waals surface area contributed by atoms with Crippen LogP contribution in [0.4, 0.5) is 0 Å². The molecule has 186 valence electrons. The number of aldehydes is 1. The number of carboxylic acids is 1. The Morgan fingerprint density at radius 2 is 1.91 bits per heavy atom. The van der Waals surface area contributed by atoms with Crippen LogP contribution in [-0.4, -0.2) is 64.7 Å². The summed E-state index contributed by atoms with van der Waals surface area (Å²) < 4.78 is 50.1. The molecular formula is C20H24N2O8S4. The first-order valence-electron chi connectivity index (χ1n) is 9.86. The number of carbonyl (C=O) groups excluding carboxylic acids is 2. The Bertz CT molecular complexity index is 1240. The summed E-state index contributed by atoms with van der Waals surface area (Å²) >= 11 is 2.45. The smallest absolute Gasteiger partial charge is 0.305 e. The largest absolute Gasteiger partial charge is 0.481 e. The van der Waals surface area contributed by atoms with E-state index in [9.17, 15) is 31.2 Å². The van der Waals surface area contributed by atoms with Crippen molar-refractivity contribution in [3.05, 3.63) is 46.8 Å². The molecule has 0 saturated heterocycles. The van der Waals surface area contributed by atoms with Crippen molar-refractivity contribution in [3.63, 3.8) is 0 Å². The fourth-order valence-electron chi connectivity index (χ4n) is 2.67. The van der Waals surface area contributed by atoms with E-state index in [1.807, 2.05) is 0 Å². The standard InChI is InChI=1S/C20H24N2O8S4/c1-33(27,28)19-7-6-17(32-19)20(26)21-8-3-9-31-13-14-4-2-5-16(10-14)34(29,30)22-15(12-23)11-18(24)25/h2,4-7,10,12,15,22H,3,8-9,11,13H2,1H3,(H,21,26)(H,24,25)/t15-/m0/s1. The molecular weight excluding hydrogens is 524 g/mol. The molecule has 0 spiro atoms. The second kappa shape index (κ2) is 12.4. The van der Waals surface area contributed by atoms with Gasteiger partial charge in [-0.25, -0.2) is 21.6 Å². The highest BCUT2D eigenvalue weighted by atomic mass is 32.2. The van der Waals surface area contributed by atoms with E-state index < -0.39 is 38.3 Å². The lowest BCUT2D eigenvalue weighted by Crippen LogP contribution is -2.37. The van der Waals surface area contributed by atoms with Gasteiger partial charge in [0.05, 0.1) is 22.2 Å². The second-order valence-electron chi connectivity index (χ2n) is 7.16. The van der Waals surface area contributed by atoms with E-state index in [2.05, 4.69) is 10.0 Å². The van der Waals surface area contributed by atoms with Gasteiger partial charge in [0.2, 0.25) is 10.0 Å². The Hall–Kier alpha value is -2.26. The third kappa shape index (κ3) is 8.83. The highest BCUT2D eigenvalue weighted by Crippen LogP contribution is 2.21. The number of carbonyl (C=O) groups is 3. The van der Waals surface area contributed by atoms with Crippen LogP contribution in [0.1, 0.15) is 28.1 Å². The van der Waals surface area contributed by atoms with E-state index in [1.165, 1.54) is 36.0 Å². The van der Waals surface area contributed by atoms with Gasteiger partial charge in [0.25, 0.3) is 5.91 Å². The Morgan fingerprint density at radius 1 is 1.18 bits per heavy atom. The van der Waals surface area contributed by atoms with E-state index in [4.69, 9.17) is 5.11 Å². The summed E-state index contributed by atoms with van der Waals surface area (Å²) in [5.41, 5.74) is 0.727. The van der Waals surface area contributed by atoms with Crippen LogP contribution < -0.4 is 10.0 Å². The highest BCUT2D eigenvalue weighted by molar-refractivity contribution is 7.98. The van der Waals surface area contributed by atoms with Crippen molar-refractivity contribution in [2.45, 2.75) is 33.7 Å². The summed E-state index contributed by atoms with van der Waals surface area (Å²) in [5, 5.41) is 11.5. The molecule has 0 bridgehead atoms. The first-order valence-corrected chi connectivity index (χ1v) is 15.2. The van der Waals surface area contributed by atoms with Crippen LogP contribution in [0.15, 0.2) is 45.5 Å². The molecule has 2 rings (SSSR count). The fourth-order valence-corrected chi connectivity index (χ4v) is 6.66. The number of thioether (sulfide) groups is 1. The highest BCUT2D eigenvalue weighted by Gasteiger charge is 2.22. The lowest BCUT2D eigenvalue weighted by Gasteiger charge is -2.12. The maximum atomic E-state index is 12.4. The van der Waals surface area contributed by atoms with Gasteiger partial charge >= 0.3 is 5.97 Å². The van der Waals surface area contributed by atoms with E-state index >= 15 is 0 Å². The zero-order chi connectivity index (χ0) is 25.4. The molecule has 1 heterocycles. The molecule has 10 nitrogen and oxygen atoms in total. The molecule has 0 radical (unpaired) electrons. The molecule has 0 saturated carbocycles. The van der Waals surface area contributed by atoms with Gasteiger partial charge in [0.15, 0.2) is 9.84 Å². The van der Waals surface area contributed by atoms with Crippen LogP contribution in [-0.2, 0) is 35.2 Å². The molecule has 1 aromatic heterocycles. The van der Waals surface area contributed by atoms with Crippen LogP contribution in [0.2, 0.25) is 0 Å². The summed E-state index contributed by atoms with van der Waals surface area (Å²) in [4.78, 5) is 34.1. The Morgan fingerprint density at radius 3 is 2.53 bits per heavy atom. The lowest BCUT2D eigenvalue weighted by atomic mass is 10.2. The SMILES string of the molecule is CS(=O)(=O)c1ccc(C(=O)NCCCSCc2cccc(S(=O)(=O)N[C@H](C=O)CC(=O)O)c2)s1. The molecule has 1 atom stereocenters. The minimum absolute atomic E-state index is 0.0699. The average molecular weight is 549 g/mol. The number of hydrogen-bond donors (Lipinski definition) is 3. The number of rotatable bonds is 14. The molecule has 14 heteroatoms. The Kier molecular flexibility index (Phi) is 10.2. The minimum Gasteiger partial charge on any atom is -0.481 e. The summed E-state index contributed by atoms with van der Waals surface area (Å²) in [6, 6.07) is 7.63. The van der Waals surface area contributed by atoms with Crippen molar-refractivity contribution >= 4 is 61.1 Å². The monoisotopic (exact) mass is 548 g/mol. The van der Waals surface area contributed by atoms with Crippen molar-refractivity contribution in [1.29, 1.82) is 0 Å². The third-order valence-electron chi connectivity index (χ3n) is 4.26. The molecule has 2 aromatic rings. The second-order valence-corrected chi connectivity index (χ2v) is 13.3. The number of nitrogens with one attached hydrogen (secondary N) is 2. The van der Waals surface area contributed by atoms with E-state index in [0.717, 1.165) is 23.2 Å². The lowest BCUT2D eigenvalue weighted by molar-refractivity contribution is -0.138. The average Bonchev–Trinajstić information content (AvgIpc) is 3.26. The van der Waals surface area contributed by atoms with Crippen molar-refractivity contribution in [3.8, 4) is 0 Å². The topological polar surface area (TPSA) is 164 Å². The Balaban J connectivity index is 1.80. The van der Waals surface area contributed by atoms with Gasteiger partial charge in [-0.3, -0.25) is 9.59 Å². The zero-order valence-corrected chi connectivity index (χ0v) is 21.4. The summed E-state index contributed by atoms with van der Waals surface area (Å²) in [6.07, 6.45) is 1.32. The predicted octanol–water partition coefficient (Wildman–Crippen LogP) is 1.53. The van der Waals surface area contributed by atoms with Gasteiger partial charge in [-0.1, -0.05) is 12.1 Å². The number of carboxylic acid groups (broad SMARTS) is 1. The van der Waals surface area contributed by atoms with Gasteiger partial charge in [-0.2, -0.15) is 11.8 Å². The van der Waals surface area contributed by atoms with Crippen molar-refractivity contribution in [2.24, 2.45) is 0 Å². The maximum Gasteiger partial charge on any atom is 0.305 e. The van der Waals surface area contributed by atoms with Crippen molar-refractivity contribution < 1.29 is 36.3 Å². The van der Waals surface area contributed by atoms with Crippen molar-refractivity contribution in [2.75, 3.05) is 18.6 Å². The first kappa shape index (κ1) is 28.0. The molecule has 0 unspecified atom stereocenters. The van der Waals surface area contributed by atoms with Crippen molar-refractivity contribution in [1.82, 2.24) is 10.0 Å². The fraction of sp³-hybridized carbons (Fsp3) is 0.350. The number of benzene rings is 1. The molecule has 3 N–H and O–H groups in total. The summed E-state index contributed by atoms with van der Waals surface area (Å²) in [6.45, 7) is 0.396. The third-order valence-corrected chi connectivity index (χ3v) is 9.77. The van der Waals surface area contributed by atoms with E-state index in [0.29, 0.717) is 29.3 Å². The minimum atomic E-state index is -4.06. The van der Waals surface area contributed by atoms with Crippen LogP contribution in [0.25, 0.3) is 0 Å². The number of aliphatic carboxylic acids is 1. The summed E-state index contributed by atoms with van der Waals surface area (Å²) in [5.74, 6) is -0.450. The first-order chi connectivity index (χ1) is 15.9. The summed E-state index contributed by atoms with van der Waals surface area (Å²) in [7, 11) is -7.41. The van der Waals surface area contributed by atoms with Gasteiger partial charge in [0.1, 0.15) is 10.5 Å². The Labute approximate surface area is 206 Å². The normalized spacial score (nSPS) is 12.7. The molecule has 0 fully saturated rings. The molecule has 0 aliphatic heterocycles. The molecule has 34 heavy (non-hydrogen) atoms. The number of sulfonamides is 1. The number of hydrogen-bond acceptors (Lipinski definition) is 9. The maximum absolute atomic E-state index is 12.4. The zero-order valence-electron chi connectivity index (χ0n) is 18.1. The number of sulfone groups is 1.